The molecule has 0 radical (unpaired) electrons. The summed E-state index contributed by atoms with van der Waals surface area (Å²) in [5, 5.41) is 8.20. The van der Waals surface area contributed by atoms with Crippen molar-refractivity contribution in [3.8, 4) is 10.6 Å². The zero-order valence-corrected chi connectivity index (χ0v) is 9.83. The van der Waals surface area contributed by atoms with Gasteiger partial charge >= 0.3 is 0 Å². The van der Waals surface area contributed by atoms with Crippen LogP contribution >= 0.6 is 38.9 Å². The Morgan fingerprint density at radius 3 is 2.71 bits per heavy atom. The van der Waals surface area contributed by atoms with Gasteiger partial charge in [0.1, 0.15) is 10.8 Å². The summed E-state index contributed by atoms with van der Waals surface area (Å²) in [5.74, 6) is -0.295. The number of nitrogens with zero attached hydrogens (tertiary/aromatic N) is 2. The summed E-state index contributed by atoms with van der Waals surface area (Å²) in [6.45, 7) is 0. The maximum absolute atomic E-state index is 12.8. The zero-order chi connectivity index (χ0) is 10.1. The van der Waals surface area contributed by atoms with E-state index in [1.165, 1.54) is 23.5 Å². The maximum Gasteiger partial charge on any atom is 0.207 e. The molecule has 0 atom stereocenters. The van der Waals surface area contributed by atoms with Gasteiger partial charge in [-0.1, -0.05) is 11.3 Å². The molecule has 1 heterocycles. The minimum Gasteiger partial charge on any atom is -0.207 e. The second kappa shape index (κ2) is 3.92. The lowest BCUT2D eigenvalue weighted by atomic mass is 10.2. The highest BCUT2D eigenvalue weighted by Gasteiger charge is 2.09. The number of hydrogen-bond acceptors (Lipinski definition) is 3. The van der Waals surface area contributed by atoms with Crippen LogP contribution in [-0.4, -0.2) is 10.2 Å². The Bertz CT molecular complexity index is 474. The molecule has 0 amide bonds. The largest absolute Gasteiger partial charge is 0.207 e. The van der Waals surface area contributed by atoms with Crippen LogP contribution in [0.4, 0.5) is 4.39 Å². The van der Waals surface area contributed by atoms with Crippen molar-refractivity contribution in [3.05, 3.63) is 33.0 Å². The van der Waals surface area contributed by atoms with Gasteiger partial charge in [-0.05, 0) is 45.7 Å². The maximum atomic E-state index is 12.8. The van der Waals surface area contributed by atoms with E-state index in [9.17, 15) is 4.39 Å². The Morgan fingerprint density at radius 2 is 2.14 bits per heavy atom. The van der Waals surface area contributed by atoms with Gasteiger partial charge in [0.05, 0.1) is 0 Å². The first-order valence-electron chi connectivity index (χ1n) is 3.61. The third-order valence-corrected chi connectivity index (χ3v) is 3.27. The zero-order valence-electron chi connectivity index (χ0n) is 6.67. The SMILES string of the molecule is Fc1ccc(-c2nnc(Cl)s2)c(Br)c1. The number of halogens is 3. The first kappa shape index (κ1) is 10.0. The molecule has 1 aromatic carbocycles. The number of hydrogen-bond donors (Lipinski definition) is 0. The monoisotopic (exact) mass is 292 g/mol. The van der Waals surface area contributed by atoms with Gasteiger partial charge in [0.2, 0.25) is 4.47 Å². The molecule has 6 heteroatoms. The van der Waals surface area contributed by atoms with Crippen LogP contribution in [0.3, 0.4) is 0 Å². The van der Waals surface area contributed by atoms with Crippen molar-refractivity contribution in [2.45, 2.75) is 0 Å². The summed E-state index contributed by atoms with van der Waals surface area (Å²) in [6.07, 6.45) is 0. The first-order chi connectivity index (χ1) is 6.66. The highest BCUT2D eigenvalue weighted by Crippen LogP contribution is 2.32. The van der Waals surface area contributed by atoms with Gasteiger partial charge in [0.25, 0.3) is 0 Å². The van der Waals surface area contributed by atoms with Crippen molar-refractivity contribution in [2.75, 3.05) is 0 Å². The minimum absolute atomic E-state index is 0.295. The van der Waals surface area contributed by atoms with Gasteiger partial charge < -0.3 is 0 Å². The van der Waals surface area contributed by atoms with Crippen molar-refractivity contribution in [1.82, 2.24) is 10.2 Å². The standard InChI is InChI=1S/C8H3BrClFN2S/c9-6-3-4(11)1-2-5(6)7-12-13-8(10)14-7/h1-3H. The topological polar surface area (TPSA) is 25.8 Å². The molecule has 0 saturated heterocycles. The average Bonchev–Trinajstić information content (AvgIpc) is 2.51. The molecular formula is C8H3BrClFN2S. The highest BCUT2D eigenvalue weighted by molar-refractivity contribution is 9.10. The Balaban J connectivity index is 2.52. The van der Waals surface area contributed by atoms with Crippen LogP contribution in [0.2, 0.25) is 4.47 Å². The molecule has 14 heavy (non-hydrogen) atoms. The van der Waals surface area contributed by atoms with Crippen LogP contribution in [0.1, 0.15) is 0 Å². The van der Waals surface area contributed by atoms with E-state index in [-0.39, 0.29) is 5.82 Å². The molecule has 72 valence electrons. The smallest absolute Gasteiger partial charge is 0.207 e. The van der Waals surface area contributed by atoms with E-state index < -0.39 is 0 Å². The molecule has 0 fully saturated rings. The molecule has 0 unspecified atom stereocenters. The molecule has 0 bridgehead atoms. The molecule has 2 nitrogen and oxygen atoms in total. The fourth-order valence-corrected chi connectivity index (χ4v) is 2.51. The lowest BCUT2D eigenvalue weighted by Crippen LogP contribution is -1.81. The minimum atomic E-state index is -0.295. The number of aromatic nitrogens is 2. The second-order valence-electron chi connectivity index (χ2n) is 2.48. The molecular weight excluding hydrogens is 291 g/mol. The fourth-order valence-electron chi connectivity index (χ4n) is 0.977. The van der Waals surface area contributed by atoms with Crippen molar-refractivity contribution in [1.29, 1.82) is 0 Å². The summed E-state index contributed by atoms with van der Waals surface area (Å²) >= 11 is 10.1. The summed E-state index contributed by atoms with van der Waals surface area (Å²) in [5.41, 5.74) is 0.788. The Hall–Kier alpha value is -0.520. The van der Waals surface area contributed by atoms with Crippen LogP contribution in [0.5, 0.6) is 0 Å². The molecule has 0 saturated carbocycles. The lowest BCUT2D eigenvalue weighted by molar-refractivity contribution is 0.627. The van der Waals surface area contributed by atoms with Crippen molar-refractivity contribution >= 4 is 38.9 Å². The van der Waals surface area contributed by atoms with Gasteiger partial charge in [0, 0.05) is 10.0 Å². The normalized spacial score (nSPS) is 10.5. The van der Waals surface area contributed by atoms with E-state index >= 15 is 0 Å². The molecule has 2 aromatic rings. The molecule has 0 aliphatic heterocycles. The number of rotatable bonds is 1. The molecule has 1 aromatic heterocycles. The first-order valence-corrected chi connectivity index (χ1v) is 5.60. The second-order valence-corrected chi connectivity index (χ2v) is 4.90. The van der Waals surface area contributed by atoms with E-state index in [2.05, 4.69) is 26.1 Å². The van der Waals surface area contributed by atoms with Gasteiger partial charge in [-0.2, -0.15) is 0 Å². The van der Waals surface area contributed by atoms with Crippen molar-refractivity contribution in [2.24, 2.45) is 0 Å². The lowest BCUT2D eigenvalue weighted by Gasteiger charge is -1.98. The van der Waals surface area contributed by atoms with E-state index in [1.54, 1.807) is 6.07 Å². The molecule has 0 aliphatic rings. The Labute approximate surface area is 96.9 Å². The van der Waals surface area contributed by atoms with Crippen LogP contribution in [-0.2, 0) is 0 Å². The fraction of sp³-hybridized carbons (Fsp3) is 0. The third kappa shape index (κ3) is 1.94. The van der Waals surface area contributed by atoms with Crippen molar-refractivity contribution in [3.63, 3.8) is 0 Å². The summed E-state index contributed by atoms with van der Waals surface area (Å²) in [7, 11) is 0. The Kier molecular flexibility index (Phi) is 2.80. The van der Waals surface area contributed by atoms with Crippen LogP contribution in [0.15, 0.2) is 22.7 Å². The van der Waals surface area contributed by atoms with Gasteiger partial charge in [0.15, 0.2) is 0 Å². The van der Waals surface area contributed by atoms with E-state index in [4.69, 9.17) is 11.6 Å². The summed E-state index contributed by atoms with van der Waals surface area (Å²) in [6, 6.07) is 4.39. The molecule has 0 N–H and O–H groups in total. The predicted molar refractivity (Wildman–Crippen MR) is 58.0 cm³/mol. The van der Waals surface area contributed by atoms with Gasteiger partial charge in [-0.3, -0.25) is 0 Å². The Morgan fingerprint density at radius 1 is 1.36 bits per heavy atom. The van der Waals surface area contributed by atoms with Crippen LogP contribution in [0, 0.1) is 5.82 Å². The van der Waals surface area contributed by atoms with E-state index in [0.29, 0.717) is 13.9 Å². The predicted octanol–water partition coefficient (Wildman–Crippen LogP) is 3.76. The van der Waals surface area contributed by atoms with Crippen molar-refractivity contribution < 1.29 is 4.39 Å². The third-order valence-electron chi connectivity index (χ3n) is 1.56. The van der Waals surface area contributed by atoms with E-state index in [0.717, 1.165) is 5.56 Å². The molecule has 0 aliphatic carbocycles. The quantitative estimate of drug-likeness (QED) is 0.800. The molecule has 2 rings (SSSR count). The van der Waals surface area contributed by atoms with Crippen LogP contribution in [0.25, 0.3) is 10.6 Å². The average molecular weight is 294 g/mol. The van der Waals surface area contributed by atoms with Gasteiger partial charge in [-0.25, -0.2) is 4.39 Å². The highest BCUT2D eigenvalue weighted by atomic mass is 79.9. The summed E-state index contributed by atoms with van der Waals surface area (Å²) in [4.78, 5) is 0. The van der Waals surface area contributed by atoms with E-state index in [1.807, 2.05) is 0 Å². The van der Waals surface area contributed by atoms with Gasteiger partial charge in [-0.15, -0.1) is 10.2 Å². The van der Waals surface area contributed by atoms with Crippen LogP contribution < -0.4 is 0 Å². The molecule has 0 spiro atoms. The number of benzene rings is 1. The summed E-state index contributed by atoms with van der Waals surface area (Å²) < 4.78 is 13.8.